The lowest BCUT2D eigenvalue weighted by atomic mass is 9.84. The molecule has 0 unspecified atom stereocenters. The third-order valence-electron chi connectivity index (χ3n) is 3.83. The van der Waals surface area contributed by atoms with Crippen molar-refractivity contribution >= 4 is 11.9 Å². The van der Waals surface area contributed by atoms with Gasteiger partial charge in [-0.2, -0.15) is 0 Å². The maximum absolute atomic E-state index is 12.6. The lowest BCUT2D eigenvalue weighted by Gasteiger charge is -2.45. The molecule has 0 saturated carbocycles. The van der Waals surface area contributed by atoms with Crippen molar-refractivity contribution < 1.29 is 19.1 Å². The van der Waals surface area contributed by atoms with Crippen LogP contribution in [0.15, 0.2) is 23.9 Å². The quantitative estimate of drug-likeness (QED) is 0.747. The van der Waals surface area contributed by atoms with E-state index in [0.717, 1.165) is 19.4 Å². The van der Waals surface area contributed by atoms with Crippen molar-refractivity contribution in [2.75, 3.05) is 6.54 Å². The van der Waals surface area contributed by atoms with Crippen LogP contribution in [-0.2, 0) is 19.1 Å². The third-order valence-corrected chi connectivity index (χ3v) is 3.83. The minimum atomic E-state index is -0.774. The van der Waals surface area contributed by atoms with Crippen molar-refractivity contribution in [3.05, 3.63) is 23.9 Å². The molecule has 122 valence electrons. The number of hydrogen-bond acceptors (Lipinski definition) is 5. The fraction of sp³-hybridized carbons (Fsp3) is 0.647. The highest BCUT2D eigenvalue weighted by Gasteiger charge is 2.46. The predicted octanol–water partition coefficient (Wildman–Crippen LogP) is 2.57. The summed E-state index contributed by atoms with van der Waals surface area (Å²) in [5.41, 5.74) is -0.298. The Labute approximate surface area is 131 Å². The molecule has 1 fully saturated rings. The van der Waals surface area contributed by atoms with Gasteiger partial charge in [0.2, 0.25) is 0 Å². The van der Waals surface area contributed by atoms with E-state index in [1.54, 1.807) is 18.4 Å². The van der Waals surface area contributed by atoms with Crippen LogP contribution < -0.4 is 0 Å². The zero-order valence-electron chi connectivity index (χ0n) is 13.8. The van der Waals surface area contributed by atoms with Crippen molar-refractivity contribution in [1.29, 1.82) is 0 Å². The minimum absolute atomic E-state index is 0.157. The highest BCUT2D eigenvalue weighted by atomic mass is 16.5. The van der Waals surface area contributed by atoms with Gasteiger partial charge in [0, 0.05) is 12.7 Å². The minimum Gasteiger partial charge on any atom is -0.461 e. The summed E-state index contributed by atoms with van der Waals surface area (Å²) in [5.74, 6) is -0.603. The number of carbonyl (C=O) groups is 2. The second-order valence-electron chi connectivity index (χ2n) is 6.40. The number of nitrogens with zero attached hydrogens (tertiary/aromatic N) is 1. The van der Waals surface area contributed by atoms with E-state index in [1.165, 1.54) is 0 Å². The SMILES string of the molecule is CC(C)OC(=O)C1=CN2CCCC[C@]2(C(=O)OC(C)C)C=C1. The van der Waals surface area contributed by atoms with Gasteiger partial charge < -0.3 is 14.4 Å². The topological polar surface area (TPSA) is 55.8 Å². The molecular formula is C17H25NO4. The van der Waals surface area contributed by atoms with Crippen LogP contribution in [0.1, 0.15) is 47.0 Å². The van der Waals surface area contributed by atoms with Crippen LogP contribution in [0.25, 0.3) is 0 Å². The summed E-state index contributed by atoms with van der Waals surface area (Å²) in [5, 5.41) is 0. The number of esters is 2. The standard InChI is InChI=1S/C17H25NO4/c1-12(2)21-15(19)14-7-9-17(16(20)22-13(3)4)8-5-6-10-18(17)11-14/h7,9,11-13H,5-6,8,10H2,1-4H3/t17-/m1/s1. The summed E-state index contributed by atoms with van der Waals surface area (Å²) < 4.78 is 10.7. The van der Waals surface area contributed by atoms with Gasteiger partial charge in [-0.1, -0.05) is 0 Å². The zero-order valence-corrected chi connectivity index (χ0v) is 13.8. The van der Waals surface area contributed by atoms with Crippen molar-refractivity contribution in [3.63, 3.8) is 0 Å². The van der Waals surface area contributed by atoms with Gasteiger partial charge in [-0.25, -0.2) is 9.59 Å². The predicted molar refractivity (Wildman–Crippen MR) is 83.0 cm³/mol. The first-order valence-electron chi connectivity index (χ1n) is 7.95. The van der Waals surface area contributed by atoms with Crippen molar-refractivity contribution in [2.24, 2.45) is 0 Å². The average molecular weight is 307 g/mol. The van der Waals surface area contributed by atoms with E-state index in [9.17, 15) is 9.59 Å². The summed E-state index contributed by atoms with van der Waals surface area (Å²) >= 11 is 0. The molecular weight excluding hydrogens is 282 g/mol. The third kappa shape index (κ3) is 3.34. The van der Waals surface area contributed by atoms with Crippen LogP contribution >= 0.6 is 0 Å². The first kappa shape index (κ1) is 16.6. The Balaban J connectivity index is 2.23. The van der Waals surface area contributed by atoms with Gasteiger partial charge in [-0.3, -0.25) is 0 Å². The molecule has 1 saturated heterocycles. The first-order chi connectivity index (χ1) is 10.3. The molecule has 1 atom stereocenters. The van der Waals surface area contributed by atoms with Crippen LogP contribution in [0.5, 0.6) is 0 Å². The van der Waals surface area contributed by atoms with E-state index in [1.807, 2.05) is 32.6 Å². The van der Waals surface area contributed by atoms with Crippen LogP contribution in [0.3, 0.4) is 0 Å². The number of piperidine rings is 1. The van der Waals surface area contributed by atoms with Gasteiger partial charge in [0.1, 0.15) is 0 Å². The molecule has 5 heteroatoms. The second-order valence-corrected chi connectivity index (χ2v) is 6.40. The van der Waals surface area contributed by atoms with Crippen LogP contribution in [0.4, 0.5) is 0 Å². The Morgan fingerprint density at radius 2 is 1.82 bits per heavy atom. The number of ether oxygens (including phenoxy) is 2. The summed E-state index contributed by atoms with van der Waals surface area (Å²) in [7, 11) is 0. The fourth-order valence-electron chi connectivity index (χ4n) is 2.82. The van der Waals surface area contributed by atoms with Crippen molar-refractivity contribution in [2.45, 2.75) is 64.7 Å². The summed E-state index contributed by atoms with van der Waals surface area (Å²) in [6.45, 7) is 8.05. The Morgan fingerprint density at radius 3 is 2.45 bits per heavy atom. The maximum atomic E-state index is 12.6. The molecule has 0 spiro atoms. The molecule has 0 aromatic carbocycles. The molecule has 0 amide bonds. The molecule has 0 aromatic heterocycles. The summed E-state index contributed by atoms with van der Waals surface area (Å²) in [6.07, 6.45) is 7.57. The van der Waals surface area contributed by atoms with E-state index in [0.29, 0.717) is 12.0 Å². The highest BCUT2D eigenvalue weighted by Crippen LogP contribution is 2.35. The Hall–Kier alpha value is -1.78. The lowest BCUT2D eigenvalue weighted by Crippen LogP contribution is -2.56. The van der Waals surface area contributed by atoms with Gasteiger partial charge in [0.15, 0.2) is 5.54 Å². The van der Waals surface area contributed by atoms with Crippen LogP contribution in [0.2, 0.25) is 0 Å². The molecule has 2 aliphatic heterocycles. The average Bonchev–Trinajstić information content (AvgIpc) is 2.45. The normalized spacial score (nSPS) is 24.1. The summed E-state index contributed by atoms with van der Waals surface area (Å²) in [6, 6.07) is 0. The smallest absolute Gasteiger partial charge is 0.339 e. The maximum Gasteiger partial charge on any atom is 0.339 e. The molecule has 2 aliphatic rings. The van der Waals surface area contributed by atoms with E-state index in [-0.39, 0.29) is 24.1 Å². The van der Waals surface area contributed by atoms with Crippen LogP contribution in [0, 0.1) is 0 Å². The molecule has 0 aromatic rings. The molecule has 0 radical (unpaired) electrons. The zero-order chi connectivity index (χ0) is 16.3. The molecule has 0 bridgehead atoms. The largest absolute Gasteiger partial charge is 0.461 e. The van der Waals surface area contributed by atoms with Crippen molar-refractivity contribution in [3.8, 4) is 0 Å². The molecule has 5 nitrogen and oxygen atoms in total. The Kier molecular flexibility index (Phi) is 4.94. The number of fused-ring (bicyclic) bond motifs is 1. The molecule has 0 N–H and O–H groups in total. The lowest BCUT2D eigenvalue weighted by molar-refractivity contribution is -0.159. The van der Waals surface area contributed by atoms with Gasteiger partial charge in [-0.05, 0) is 59.1 Å². The fourth-order valence-corrected chi connectivity index (χ4v) is 2.82. The second kappa shape index (κ2) is 6.55. The van der Waals surface area contributed by atoms with E-state index in [2.05, 4.69) is 0 Å². The highest BCUT2D eigenvalue weighted by molar-refractivity contribution is 5.94. The van der Waals surface area contributed by atoms with Gasteiger partial charge in [0.05, 0.1) is 17.8 Å². The summed E-state index contributed by atoms with van der Waals surface area (Å²) in [4.78, 5) is 26.5. The number of rotatable bonds is 4. The van der Waals surface area contributed by atoms with Crippen molar-refractivity contribution in [1.82, 2.24) is 4.90 Å². The van der Waals surface area contributed by atoms with E-state index < -0.39 is 5.54 Å². The number of carbonyl (C=O) groups excluding carboxylic acids is 2. The van der Waals surface area contributed by atoms with E-state index in [4.69, 9.17) is 9.47 Å². The van der Waals surface area contributed by atoms with Gasteiger partial charge >= 0.3 is 11.9 Å². The first-order valence-corrected chi connectivity index (χ1v) is 7.95. The van der Waals surface area contributed by atoms with E-state index >= 15 is 0 Å². The monoisotopic (exact) mass is 307 g/mol. The Morgan fingerprint density at radius 1 is 1.14 bits per heavy atom. The molecule has 2 rings (SSSR count). The van der Waals surface area contributed by atoms with Gasteiger partial charge in [0.25, 0.3) is 0 Å². The van der Waals surface area contributed by atoms with Crippen LogP contribution in [-0.4, -0.2) is 41.1 Å². The number of hydrogen-bond donors (Lipinski definition) is 0. The van der Waals surface area contributed by atoms with Gasteiger partial charge in [-0.15, -0.1) is 0 Å². The molecule has 0 aliphatic carbocycles. The Bertz CT molecular complexity index is 507. The molecule has 2 heterocycles. The molecule has 22 heavy (non-hydrogen) atoms.